The SMILES string of the molecule is CCOCCOc1ccc(-c2cc(N)c3c(c2O)C(=O)c2c(N)cc(-c4ccc(OCCOCC)cc4)c(O)c2C3=O)cc1. The molecule has 0 atom stereocenters. The average molecular weight is 599 g/mol. The van der Waals surface area contributed by atoms with E-state index in [-0.39, 0.29) is 44.8 Å². The fourth-order valence-electron chi connectivity index (χ4n) is 5.20. The number of hydrogen-bond acceptors (Lipinski definition) is 10. The number of benzene rings is 4. The number of anilines is 2. The molecule has 0 spiro atoms. The summed E-state index contributed by atoms with van der Waals surface area (Å²) < 4.78 is 21.9. The molecular formula is C34H34N2O8. The number of ketones is 2. The topological polar surface area (TPSA) is 164 Å². The van der Waals surface area contributed by atoms with E-state index in [1.54, 1.807) is 48.5 Å². The quantitative estimate of drug-likeness (QED) is 0.0852. The Balaban J connectivity index is 1.48. The van der Waals surface area contributed by atoms with Gasteiger partial charge in [-0.15, -0.1) is 0 Å². The molecule has 228 valence electrons. The molecule has 1 aliphatic rings. The molecule has 0 bridgehead atoms. The number of fused-ring (bicyclic) bond motifs is 2. The van der Waals surface area contributed by atoms with Crippen molar-refractivity contribution in [2.24, 2.45) is 0 Å². The molecule has 6 N–H and O–H groups in total. The maximum atomic E-state index is 13.8. The standard InChI is InChI=1S/C34H34N2O8/c1-3-41-13-15-43-21-9-5-19(6-10-21)23-17-25(35)27-29(31(23)37)33(39)28-26(36)18-24(32(38)30(28)34(27)40)20-7-11-22(12-8-20)44-16-14-42-4-2/h5-12,17-18,37-38H,3-4,13-16,35-36H2,1-2H3. The summed E-state index contributed by atoms with van der Waals surface area (Å²) in [5.74, 6) is -1.05. The molecule has 0 amide bonds. The molecular weight excluding hydrogens is 564 g/mol. The maximum absolute atomic E-state index is 13.8. The van der Waals surface area contributed by atoms with Crippen LogP contribution in [0.2, 0.25) is 0 Å². The van der Waals surface area contributed by atoms with Gasteiger partial charge in [-0.2, -0.15) is 0 Å². The van der Waals surface area contributed by atoms with Crippen LogP contribution in [0.1, 0.15) is 45.7 Å². The third-order valence-electron chi connectivity index (χ3n) is 7.30. The average Bonchev–Trinajstić information content (AvgIpc) is 3.02. The van der Waals surface area contributed by atoms with Gasteiger partial charge in [-0.3, -0.25) is 9.59 Å². The first-order valence-corrected chi connectivity index (χ1v) is 14.3. The molecule has 10 nitrogen and oxygen atoms in total. The molecule has 0 heterocycles. The number of nitrogens with two attached hydrogens (primary N) is 2. The zero-order valence-electron chi connectivity index (χ0n) is 24.5. The Morgan fingerprint density at radius 1 is 0.568 bits per heavy atom. The third kappa shape index (κ3) is 5.77. The molecule has 0 unspecified atom stereocenters. The first kappa shape index (κ1) is 30.4. The van der Waals surface area contributed by atoms with E-state index in [4.69, 9.17) is 30.4 Å². The summed E-state index contributed by atoms with van der Waals surface area (Å²) in [4.78, 5) is 27.7. The van der Waals surface area contributed by atoms with Crippen LogP contribution in [-0.4, -0.2) is 61.4 Å². The van der Waals surface area contributed by atoms with Gasteiger partial charge >= 0.3 is 0 Å². The Morgan fingerprint density at radius 2 is 0.932 bits per heavy atom. The minimum absolute atomic E-state index is 0.0224. The monoisotopic (exact) mass is 598 g/mol. The summed E-state index contributed by atoms with van der Waals surface area (Å²) in [5, 5.41) is 22.6. The van der Waals surface area contributed by atoms with Crippen LogP contribution < -0.4 is 20.9 Å². The summed E-state index contributed by atoms with van der Waals surface area (Å²) in [6.45, 7) is 6.66. The summed E-state index contributed by atoms with van der Waals surface area (Å²) in [6, 6.07) is 16.6. The Kier molecular flexibility index (Phi) is 9.03. The number of nitrogen functional groups attached to an aromatic ring is 2. The number of phenols is 2. The van der Waals surface area contributed by atoms with Gasteiger partial charge in [-0.25, -0.2) is 0 Å². The minimum atomic E-state index is -0.714. The molecule has 5 rings (SSSR count). The summed E-state index contributed by atoms with van der Waals surface area (Å²) in [6.07, 6.45) is 0. The van der Waals surface area contributed by atoms with Crippen molar-refractivity contribution in [3.8, 4) is 45.3 Å². The number of phenolic OH excluding ortho intramolecular Hbond substituents is 2. The van der Waals surface area contributed by atoms with E-state index in [1.165, 1.54) is 12.1 Å². The van der Waals surface area contributed by atoms with Crippen molar-refractivity contribution in [2.45, 2.75) is 13.8 Å². The predicted molar refractivity (Wildman–Crippen MR) is 167 cm³/mol. The number of carbonyl (C=O) groups is 2. The van der Waals surface area contributed by atoms with Gasteiger partial charge in [0.1, 0.15) is 36.2 Å². The summed E-state index contributed by atoms with van der Waals surface area (Å²) in [7, 11) is 0. The molecule has 0 fully saturated rings. The van der Waals surface area contributed by atoms with Crippen LogP contribution in [0.3, 0.4) is 0 Å². The van der Waals surface area contributed by atoms with Crippen molar-refractivity contribution in [2.75, 3.05) is 51.1 Å². The normalized spacial score (nSPS) is 12.1. The van der Waals surface area contributed by atoms with Gasteiger partial charge in [0.2, 0.25) is 11.6 Å². The van der Waals surface area contributed by atoms with Crippen LogP contribution in [-0.2, 0) is 9.47 Å². The van der Waals surface area contributed by atoms with Crippen molar-refractivity contribution >= 4 is 22.9 Å². The van der Waals surface area contributed by atoms with Crippen molar-refractivity contribution in [3.63, 3.8) is 0 Å². The summed E-state index contributed by atoms with van der Waals surface area (Å²) in [5.41, 5.74) is 13.3. The first-order valence-electron chi connectivity index (χ1n) is 14.3. The van der Waals surface area contributed by atoms with Crippen LogP contribution in [0.5, 0.6) is 23.0 Å². The zero-order valence-corrected chi connectivity index (χ0v) is 24.5. The highest BCUT2D eigenvalue weighted by molar-refractivity contribution is 6.34. The number of carbonyl (C=O) groups excluding carboxylic acids is 2. The van der Waals surface area contributed by atoms with E-state index in [0.717, 1.165) is 0 Å². The van der Waals surface area contributed by atoms with Gasteiger partial charge in [0, 0.05) is 35.7 Å². The van der Waals surface area contributed by atoms with Crippen LogP contribution in [0.4, 0.5) is 11.4 Å². The van der Waals surface area contributed by atoms with E-state index in [9.17, 15) is 19.8 Å². The van der Waals surface area contributed by atoms with Crippen molar-refractivity contribution < 1.29 is 38.7 Å². The lowest BCUT2D eigenvalue weighted by Crippen LogP contribution is -2.24. The number of hydrogen-bond donors (Lipinski definition) is 4. The number of aromatic hydroxyl groups is 2. The number of ether oxygens (including phenoxy) is 4. The molecule has 0 saturated carbocycles. The smallest absolute Gasteiger partial charge is 0.200 e. The van der Waals surface area contributed by atoms with Gasteiger partial charge in [-0.1, -0.05) is 24.3 Å². The van der Waals surface area contributed by atoms with Crippen molar-refractivity contribution in [3.05, 3.63) is 82.9 Å². The molecule has 1 aliphatic carbocycles. The third-order valence-corrected chi connectivity index (χ3v) is 7.30. The van der Waals surface area contributed by atoms with Gasteiger partial charge in [0.05, 0.1) is 35.5 Å². The highest BCUT2D eigenvalue weighted by atomic mass is 16.5. The van der Waals surface area contributed by atoms with Crippen LogP contribution >= 0.6 is 0 Å². The molecule has 44 heavy (non-hydrogen) atoms. The van der Waals surface area contributed by atoms with E-state index in [0.29, 0.717) is 62.3 Å². The highest BCUT2D eigenvalue weighted by Gasteiger charge is 2.39. The zero-order chi connectivity index (χ0) is 31.4. The van der Waals surface area contributed by atoms with Gasteiger partial charge in [-0.05, 0) is 61.4 Å². The molecule has 10 heteroatoms. The molecule has 4 aromatic rings. The molecule has 0 saturated heterocycles. The fraction of sp³-hybridized carbons (Fsp3) is 0.235. The summed E-state index contributed by atoms with van der Waals surface area (Å²) >= 11 is 0. The largest absolute Gasteiger partial charge is 0.506 e. The van der Waals surface area contributed by atoms with E-state index in [1.807, 2.05) is 13.8 Å². The second kappa shape index (κ2) is 13.1. The maximum Gasteiger partial charge on any atom is 0.200 e. The van der Waals surface area contributed by atoms with E-state index < -0.39 is 23.1 Å². The van der Waals surface area contributed by atoms with Crippen LogP contribution in [0.15, 0.2) is 60.7 Å². The lowest BCUT2D eigenvalue weighted by atomic mass is 9.78. The van der Waals surface area contributed by atoms with Crippen LogP contribution in [0.25, 0.3) is 22.3 Å². The van der Waals surface area contributed by atoms with E-state index >= 15 is 0 Å². The van der Waals surface area contributed by atoms with Gasteiger partial charge in [0.15, 0.2) is 0 Å². The lowest BCUT2D eigenvalue weighted by molar-refractivity contribution is 0.0975. The highest BCUT2D eigenvalue weighted by Crippen LogP contribution is 2.47. The Morgan fingerprint density at radius 3 is 1.27 bits per heavy atom. The Hall–Kier alpha value is -5.06. The molecule has 4 aromatic carbocycles. The first-order chi connectivity index (χ1) is 21.3. The minimum Gasteiger partial charge on any atom is -0.506 e. The predicted octanol–water partition coefficient (Wildman–Crippen LogP) is 5.20. The second-order valence-corrected chi connectivity index (χ2v) is 10.0. The Bertz CT molecular complexity index is 1570. The Labute approximate surface area is 254 Å². The molecule has 0 aliphatic heterocycles. The number of rotatable bonds is 12. The lowest BCUT2D eigenvalue weighted by Gasteiger charge is -2.24. The van der Waals surface area contributed by atoms with E-state index in [2.05, 4.69) is 0 Å². The van der Waals surface area contributed by atoms with Gasteiger partial charge in [0.25, 0.3) is 0 Å². The van der Waals surface area contributed by atoms with Crippen molar-refractivity contribution in [1.29, 1.82) is 0 Å². The molecule has 0 radical (unpaired) electrons. The van der Waals surface area contributed by atoms with Crippen LogP contribution in [0, 0.1) is 0 Å². The molecule has 0 aromatic heterocycles. The second-order valence-electron chi connectivity index (χ2n) is 10.0. The fourth-order valence-corrected chi connectivity index (χ4v) is 5.20. The van der Waals surface area contributed by atoms with Crippen molar-refractivity contribution in [1.82, 2.24) is 0 Å². The van der Waals surface area contributed by atoms with Gasteiger partial charge < -0.3 is 40.6 Å².